The van der Waals surface area contributed by atoms with Crippen LogP contribution < -0.4 is 0 Å². The Bertz CT molecular complexity index is 904. The molecule has 0 atom stereocenters. The Morgan fingerprint density at radius 2 is 1.56 bits per heavy atom. The second kappa shape index (κ2) is 6.29. The van der Waals surface area contributed by atoms with Gasteiger partial charge in [0.1, 0.15) is 11.4 Å². The predicted octanol–water partition coefficient (Wildman–Crippen LogP) is 2.75. The normalized spacial score (nSPS) is 14.9. The molecule has 0 spiro atoms. The van der Waals surface area contributed by atoms with Crippen LogP contribution in [0.3, 0.4) is 0 Å². The van der Waals surface area contributed by atoms with Crippen LogP contribution in [-0.4, -0.2) is 57.8 Å². The van der Waals surface area contributed by atoms with Crippen LogP contribution in [0.1, 0.15) is 21.0 Å². The van der Waals surface area contributed by atoms with Crippen molar-refractivity contribution in [1.29, 1.82) is 0 Å². The number of rotatable bonds is 2. The topological polar surface area (TPSA) is 72.2 Å². The smallest absolute Gasteiger partial charge is 0.270 e. The van der Waals surface area contributed by atoms with E-state index in [9.17, 15) is 9.59 Å². The maximum absolute atomic E-state index is 12.7. The van der Waals surface area contributed by atoms with Crippen LogP contribution in [0.5, 0.6) is 0 Å². The zero-order valence-electron chi connectivity index (χ0n) is 13.5. The Morgan fingerprint density at radius 1 is 0.920 bits per heavy atom. The molecule has 0 radical (unpaired) electrons. The summed E-state index contributed by atoms with van der Waals surface area (Å²) in [4.78, 5) is 34.6. The summed E-state index contributed by atoms with van der Waals surface area (Å²) in [6, 6.07) is 11.3. The van der Waals surface area contributed by atoms with Crippen molar-refractivity contribution < 1.29 is 9.59 Å². The highest BCUT2D eigenvalue weighted by molar-refractivity contribution is 6.30. The van der Waals surface area contributed by atoms with Crippen molar-refractivity contribution in [3.63, 3.8) is 0 Å². The van der Waals surface area contributed by atoms with E-state index in [0.29, 0.717) is 42.6 Å². The monoisotopic (exact) mass is 356 g/mol. The van der Waals surface area contributed by atoms with E-state index in [1.165, 1.54) is 0 Å². The summed E-state index contributed by atoms with van der Waals surface area (Å²) in [6.45, 7) is 2.02. The molecule has 1 aromatic carbocycles. The number of aromatic amines is 2. The molecule has 4 rings (SSSR count). The van der Waals surface area contributed by atoms with Gasteiger partial charge in [-0.2, -0.15) is 0 Å². The second-order valence-electron chi connectivity index (χ2n) is 6.09. The summed E-state index contributed by atoms with van der Waals surface area (Å²) in [5.74, 6) is -0.129. The number of amides is 2. The maximum Gasteiger partial charge on any atom is 0.270 e. The molecule has 128 valence electrons. The molecule has 25 heavy (non-hydrogen) atoms. The first-order valence-electron chi connectivity index (χ1n) is 8.12. The van der Waals surface area contributed by atoms with Gasteiger partial charge in [0.25, 0.3) is 11.8 Å². The van der Waals surface area contributed by atoms with Gasteiger partial charge in [0.15, 0.2) is 0 Å². The van der Waals surface area contributed by atoms with E-state index in [0.717, 1.165) is 10.9 Å². The highest BCUT2D eigenvalue weighted by atomic mass is 35.5. The Balaban J connectivity index is 1.42. The summed E-state index contributed by atoms with van der Waals surface area (Å²) < 4.78 is 0. The van der Waals surface area contributed by atoms with E-state index in [-0.39, 0.29) is 11.8 Å². The van der Waals surface area contributed by atoms with Crippen molar-refractivity contribution in [2.75, 3.05) is 26.2 Å². The minimum Gasteiger partial charge on any atom is -0.356 e. The number of aromatic nitrogens is 2. The number of hydrogen-bond donors (Lipinski definition) is 2. The first kappa shape index (κ1) is 15.8. The van der Waals surface area contributed by atoms with Crippen LogP contribution in [-0.2, 0) is 0 Å². The summed E-state index contributed by atoms with van der Waals surface area (Å²) in [7, 11) is 0. The molecule has 1 aliphatic rings. The average Bonchev–Trinajstić information content (AvgIpc) is 3.26. The van der Waals surface area contributed by atoms with E-state index >= 15 is 0 Å². The number of nitrogens with one attached hydrogen (secondary N) is 2. The SMILES string of the molecule is O=C(c1cc(Cl)c[nH]1)N1CCN(C(=O)c2cc3ccccc3[nH]2)CC1. The number of fused-ring (bicyclic) bond motifs is 1. The first-order valence-corrected chi connectivity index (χ1v) is 8.50. The van der Waals surface area contributed by atoms with Crippen molar-refractivity contribution in [2.45, 2.75) is 0 Å². The minimum absolute atomic E-state index is 0.0359. The van der Waals surface area contributed by atoms with Gasteiger partial charge in [-0.05, 0) is 18.2 Å². The molecule has 0 aliphatic carbocycles. The molecule has 1 saturated heterocycles. The van der Waals surface area contributed by atoms with Gasteiger partial charge in [-0.3, -0.25) is 9.59 Å². The van der Waals surface area contributed by atoms with Gasteiger partial charge in [0.2, 0.25) is 0 Å². The quantitative estimate of drug-likeness (QED) is 0.741. The van der Waals surface area contributed by atoms with Crippen molar-refractivity contribution in [3.05, 3.63) is 59.0 Å². The van der Waals surface area contributed by atoms with Crippen molar-refractivity contribution in [2.24, 2.45) is 0 Å². The number of H-pyrrole nitrogens is 2. The van der Waals surface area contributed by atoms with Crippen LogP contribution >= 0.6 is 11.6 Å². The average molecular weight is 357 g/mol. The molecule has 0 bridgehead atoms. The highest BCUT2D eigenvalue weighted by Gasteiger charge is 2.26. The number of para-hydroxylation sites is 1. The lowest BCUT2D eigenvalue weighted by atomic mass is 10.2. The molecule has 2 N–H and O–H groups in total. The van der Waals surface area contributed by atoms with Crippen molar-refractivity contribution in [1.82, 2.24) is 19.8 Å². The lowest BCUT2D eigenvalue weighted by Crippen LogP contribution is -2.50. The fourth-order valence-electron chi connectivity index (χ4n) is 3.13. The summed E-state index contributed by atoms with van der Waals surface area (Å²) in [5, 5.41) is 1.53. The number of piperazine rings is 1. The molecule has 2 amide bonds. The molecule has 3 aromatic rings. The van der Waals surface area contributed by atoms with E-state index in [1.54, 1.807) is 22.1 Å². The Kier molecular flexibility index (Phi) is 3.97. The fraction of sp³-hybridized carbons (Fsp3) is 0.222. The maximum atomic E-state index is 12.7. The number of carbonyl (C=O) groups excluding carboxylic acids is 2. The molecule has 2 aromatic heterocycles. The zero-order chi connectivity index (χ0) is 17.4. The fourth-order valence-corrected chi connectivity index (χ4v) is 3.30. The van der Waals surface area contributed by atoms with Crippen LogP contribution in [0, 0.1) is 0 Å². The molecule has 6 nitrogen and oxygen atoms in total. The van der Waals surface area contributed by atoms with Crippen molar-refractivity contribution >= 4 is 34.3 Å². The standard InChI is InChI=1S/C18H17ClN4O2/c19-13-10-15(20-11-13)17(24)22-5-7-23(8-6-22)18(25)16-9-12-3-1-2-4-14(12)21-16/h1-4,9-11,20-21H,5-8H2. The number of carbonyl (C=O) groups is 2. The molecule has 3 heterocycles. The third-order valence-electron chi connectivity index (χ3n) is 4.49. The van der Waals surface area contributed by atoms with E-state index in [2.05, 4.69) is 9.97 Å². The number of benzene rings is 1. The van der Waals surface area contributed by atoms with Gasteiger partial charge >= 0.3 is 0 Å². The Hall–Kier alpha value is -2.73. The molecular weight excluding hydrogens is 340 g/mol. The van der Waals surface area contributed by atoms with Gasteiger partial charge in [-0.25, -0.2) is 0 Å². The van der Waals surface area contributed by atoms with E-state index in [1.807, 2.05) is 30.3 Å². The summed E-state index contributed by atoms with van der Waals surface area (Å²) >= 11 is 5.85. The van der Waals surface area contributed by atoms with Gasteiger partial charge in [-0.1, -0.05) is 29.8 Å². The van der Waals surface area contributed by atoms with Gasteiger partial charge in [0.05, 0.1) is 5.02 Å². The van der Waals surface area contributed by atoms with Crippen LogP contribution in [0.15, 0.2) is 42.6 Å². The third kappa shape index (κ3) is 3.00. The lowest BCUT2D eigenvalue weighted by Gasteiger charge is -2.34. The molecule has 1 fully saturated rings. The molecule has 7 heteroatoms. The van der Waals surface area contributed by atoms with Crippen LogP contribution in [0.25, 0.3) is 10.9 Å². The molecule has 1 aliphatic heterocycles. The predicted molar refractivity (Wildman–Crippen MR) is 95.9 cm³/mol. The Labute approximate surface area is 149 Å². The third-order valence-corrected chi connectivity index (χ3v) is 4.71. The lowest BCUT2D eigenvalue weighted by molar-refractivity contribution is 0.0530. The molecule has 0 unspecified atom stereocenters. The summed E-state index contributed by atoms with van der Waals surface area (Å²) in [5.41, 5.74) is 2.00. The van der Waals surface area contributed by atoms with E-state index in [4.69, 9.17) is 11.6 Å². The van der Waals surface area contributed by atoms with Crippen molar-refractivity contribution in [3.8, 4) is 0 Å². The minimum atomic E-state index is -0.0930. The van der Waals surface area contributed by atoms with Gasteiger partial charge < -0.3 is 19.8 Å². The first-order chi connectivity index (χ1) is 12.1. The van der Waals surface area contributed by atoms with Gasteiger partial charge in [0, 0.05) is 43.3 Å². The zero-order valence-corrected chi connectivity index (χ0v) is 14.2. The number of halogens is 1. The largest absolute Gasteiger partial charge is 0.356 e. The number of hydrogen-bond acceptors (Lipinski definition) is 2. The summed E-state index contributed by atoms with van der Waals surface area (Å²) in [6.07, 6.45) is 1.59. The van der Waals surface area contributed by atoms with E-state index < -0.39 is 0 Å². The highest BCUT2D eigenvalue weighted by Crippen LogP contribution is 2.18. The van der Waals surface area contributed by atoms with Gasteiger partial charge in [-0.15, -0.1) is 0 Å². The Morgan fingerprint density at radius 3 is 2.16 bits per heavy atom. The van der Waals surface area contributed by atoms with Crippen LogP contribution in [0.2, 0.25) is 5.02 Å². The number of nitrogens with zero attached hydrogens (tertiary/aromatic N) is 2. The van der Waals surface area contributed by atoms with Crippen LogP contribution in [0.4, 0.5) is 0 Å². The molecular formula is C18H17ClN4O2. The molecule has 0 saturated carbocycles. The second-order valence-corrected chi connectivity index (χ2v) is 6.52.